The second kappa shape index (κ2) is 15.3. The highest BCUT2D eigenvalue weighted by atomic mass is 28.3. The number of carbonyl (C=O) groups is 3. The number of pyridine rings is 1. The zero-order valence-corrected chi connectivity index (χ0v) is 29.7. The molecule has 0 spiro atoms. The topological polar surface area (TPSA) is 116 Å². The molecule has 0 bridgehead atoms. The predicted molar refractivity (Wildman–Crippen MR) is 181 cm³/mol. The number of esters is 1. The Bertz CT molecular complexity index is 1640. The van der Waals surface area contributed by atoms with Gasteiger partial charge in [0.15, 0.2) is 9.04 Å². The molecule has 0 aliphatic heterocycles. The molecular formula is C35H44F3N3O6Si. The van der Waals surface area contributed by atoms with E-state index in [0.29, 0.717) is 22.4 Å². The number of carbonyl (C=O) groups excluding carboxylic acids is 3. The van der Waals surface area contributed by atoms with Crippen molar-refractivity contribution >= 4 is 32.5 Å². The molecule has 260 valence electrons. The number of halogens is 3. The second-order valence-corrected chi connectivity index (χ2v) is 15.6. The van der Waals surface area contributed by atoms with Crippen LogP contribution >= 0.6 is 0 Å². The van der Waals surface area contributed by atoms with E-state index in [1.54, 1.807) is 75.5 Å². The van der Waals surface area contributed by atoms with Crippen molar-refractivity contribution in [1.29, 1.82) is 0 Å². The first-order chi connectivity index (χ1) is 22.3. The number of alkyl halides is 3. The summed E-state index contributed by atoms with van der Waals surface area (Å²) in [6.45, 7) is 10.3. The number of ether oxygens (including phenoxy) is 1. The minimum absolute atomic E-state index is 0.123. The van der Waals surface area contributed by atoms with Crippen LogP contribution in [0.3, 0.4) is 0 Å². The van der Waals surface area contributed by atoms with Gasteiger partial charge in [-0.15, -0.1) is 0 Å². The van der Waals surface area contributed by atoms with Crippen molar-refractivity contribution in [2.45, 2.75) is 72.6 Å². The van der Waals surface area contributed by atoms with Gasteiger partial charge >= 0.3 is 12.1 Å². The lowest BCUT2D eigenvalue weighted by Gasteiger charge is -2.51. The van der Waals surface area contributed by atoms with Crippen LogP contribution in [0.5, 0.6) is 0 Å². The first-order valence-electron chi connectivity index (χ1n) is 15.6. The Morgan fingerprint density at radius 2 is 1.50 bits per heavy atom. The average Bonchev–Trinajstić information content (AvgIpc) is 2.97. The van der Waals surface area contributed by atoms with Gasteiger partial charge in [0.1, 0.15) is 23.9 Å². The molecule has 0 saturated heterocycles. The van der Waals surface area contributed by atoms with Gasteiger partial charge in [0.05, 0.1) is 24.8 Å². The van der Waals surface area contributed by atoms with Gasteiger partial charge < -0.3 is 19.8 Å². The van der Waals surface area contributed by atoms with Gasteiger partial charge in [-0.05, 0) is 53.9 Å². The molecule has 3 rings (SSSR count). The molecule has 2 atom stereocenters. The van der Waals surface area contributed by atoms with Crippen LogP contribution in [-0.4, -0.2) is 50.4 Å². The van der Waals surface area contributed by atoms with Gasteiger partial charge in [-0.1, -0.05) is 77.1 Å². The number of methoxy groups -OCH3 is 1. The molecule has 2 N–H and O–H groups in total. The average molecular weight is 688 g/mol. The first kappa shape index (κ1) is 38.2. The van der Waals surface area contributed by atoms with E-state index in [1.807, 2.05) is 0 Å². The highest BCUT2D eigenvalue weighted by Crippen LogP contribution is 2.49. The normalized spacial score (nSPS) is 13.9. The standard InChI is InChI=1S/C35H44F3N3O6Si/c1-22(2)34(47-48(7)8,32(33(3,4)5)35(36,37)38)40-29(43)21-41-27(24-12-10-9-11-13-24)19-18-26(30(41)44)39-28(42)20-23-14-16-25(17-15-23)31(45)46-6/h9-19,22,32,48H,20-21H2,1-8H3,(H,39,42)(H,40,43). The van der Waals surface area contributed by atoms with Crippen LogP contribution in [0.15, 0.2) is 71.5 Å². The second-order valence-electron chi connectivity index (χ2n) is 13.3. The summed E-state index contributed by atoms with van der Waals surface area (Å²) in [7, 11) is -0.922. The number of hydrogen-bond donors (Lipinski definition) is 2. The zero-order chi connectivity index (χ0) is 36.0. The van der Waals surface area contributed by atoms with Crippen molar-refractivity contribution < 1.29 is 36.7 Å². The third-order valence-corrected chi connectivity index (χ3v) is 8.67. The summed E-state index contributed by atoms with van der Waals surface area (Å²) in [5.41, 5.74) is -2.53. The van der Waals surface area contributed by atoms with E-state index in [-0.39, 0.29) is 12.1 Å². The molecule has 0 saturated carbocycles. The van der Waals surface area contributed by atoms with Crippen LogP contribution in [0.2, 0.25) is 13.1 Å². The molecule has 0 fully saturated rings. The van der Waals surface area contributed by atoms with Crippen LogP contribution in [0.4, 0.5) is 18.9 Å². The number of nitrogens with one attached hydrogen (secondary N) is 2. The maximum Gasteiger partial charge on any atom is 0.396 e. The SMILES string of the molecule is COC(=O)c1ccc(CC(=O)Nc2ccc(-c3ccccc3)n(CC(=O)NC(O[SiH](C)C)(C(C)C)C(C(C)(C)C)C(F)(F)F)c2=O)cc1. The fraction of sp³-hybridized carbons (Fsp3) is 0.429. The summed E-state index contributed by atoms with van der Waals surface area (Å²) in [6.07, 6.45) is -4.85. The number of aromatic nitrogens is 1. The largest absolute Gasteiger partial charge is 0.465 e. The van der Waals surface area contributed by atoms with Crippen LogP contribution in [0.25, 0.3) is 11.3 Å². The monoisotopic (exact) mass is 687 g/mol. The van der Waals surface area contributed by atoms with Crippen LogP contribution in [0.1, 0.15) is 50.5 Å². The number of anilines is 1. The summed E-state index contributed by atoms with van der Waals surface area (Å²) in [6, 6.07) is 17.9. The molecule has 3 aromatic rings. The fourth-order valence-corrected chi connectivity index (χ4v) is 7.15. The van der Waals surface area contributed by atoms with Gasteiger partial charge in [-0.25, -0.2) is 4.79 Å². The summed E-state index contributed by atoms with van der Waals surface area (Å²) in [5.74, 6) is -4.78. The Morgan fingerprint density at radius 3 is 2.00 bits per heavy atom. The molecule has 0 radical (unpaired) electrons. The fourth-order valence-electron chi connectivity index (χ4n) is 5.90. The number of rotatable bonds is 12. The molecule has 9 nitrogen and oxygen atoms in total. The van der Waals surface area contributed by atoms with E-state index in [1.165, 1.54) is 46.1 Å². The lowest BCUT2D eigenvalue weighted by molar-refractivity contribution is -0.265. The molecule has 1 heterocycles. The molecule has 1 aromatic heterocycles. The smallest absolute Gasteiger partial charge is 0.396 e. The van der Waals surface area contributed by atoms with Gasteiger partial charge in [0, 0.05) is 5.92 Å². The van der Waals surface area contributed by atoms with Crippen molar-refractivity contribution in [3.8, 4) is 11.3 Å². The molecule has 0 aliphatic rings. The molecule has 13 heteroatoms. The van der Waals surface area contributed by atoms with Crippen molar-refractivity contribution in [2.24, 2.45) is 17.3 Å². The van der Waals surface area contributed by atoms with E-state index in [4.69, 9.17) is 4.43 Å². The molecule has 2 aromatic carbocycles. The number of amides is 2. The van der Waals surface area contributed by atoms with E-state index >= 15 is 0 Å². The molecule has 2 amide bonds. The Kier molecular flexibility index (Phi) is 12.2. The number of benzene rings is 2. The third kappa shape index (κ3) is 9.22. The van der Waals surface area contributed by atoms with Gasteiger partial charge in [0.25, 0.3) is 5.56 Å². The van der Waals surface area contributed by atoms with Crippen LogP contribution in [-0.2, 0) is 31.7 Å². The lowest BCUT2D eigenvalue weighted by Crippen LogP contribution is -2.67. The number of hydrogen-bond acceptors (Lipinski definition) is 6. The Morgan fingerprint density at radius 1 is 0.896 bits per heavy atom. The summed E-state index contributed by atoms with van der Waals surface area (Å²) in [4.78, 5) is 52.4. The van der Waals surface area contributed by atoms with Crippen molar-refractivity contribution in [2.75, 3.05) is 12.4 Å². The maximum absolute atomic E-state index is 14.8. The van der Waals surface area contributed by atoms with Gasteiger partial charge in [-0.2, -0.15) is 13.2 Å². The molecule has 2 unspecified atom stereocenters. The van der Waals surface area contributed by atoms with Crippen molar-refractivity contribution in [3.63, 3.8) is 0 Å². The van der Waals surface area contributed by atoms with Crippen LogP contribution < -0.4 is 16.2 Å². The van der Waals surface area contributed by atoms with Gasteiger partial charge in [-0.3, -0.25) is 19.0 Å². The lowest BCUT2D eigenvalue weighted by atomic mass is 9.70. The van der Waals surface area contributed by atoms with Crippen molar-refractivity contribution in [1.82, 2.24) is 9.88 Å². The highest BCUT2D eigenvalue weighted by molar-refractivity contribution is 6.48. The molecule has 0 aliphatic carbocycles. The van der Waals surface area contributed by atoms with Crippen LogP contribution in [0, 0.1) is 17.3 Å². The highest BCUT2D eigenvalue weighted by Gasteiger charge is 2.61. The van der Waals surface area contributed by atoms with E-state index in [0.717, 1.165) is 4.57 Å². The summed E-state index contributed by atoms with van der Waals surface area (Å²) in [5, 5.41) is 5.20. The zero-order valence-electron chi connectivity index (χ0n) is 28.5. The number of nitrogens with zero attached hydrogens (tertiary/aromatic N) is 1. The van der Waals surface area contributed by atoms with E-state index in [9.17, 15) is 32.3 Å². The van der Waals surface area contributed by atoms with E-state index < -0.39 is 68.1 Å². The van der Waals surface area contributed by atoms with E-state index in [2.05, 4.69) is 15.4 Å². The quantitative estimate of drug-likeness (QED) is 0.134. The minimum atomic E-state index is -4.73. The maximum atomic E-state index is 14.8. The Labute approximate surface area is 280 Å². The first-order valence-corrected chi connectivity index (χ1v) is 18.4. The summed E-state index contributed by atoms with van der Waals surface area (Å²) < 4.78 is 56.4. The Balaban J connectivity index is 2.03. The third-order valence-electron chi connectivity index (χ3n) is 7.80. The van der Waals surface area contributed by atoms with Gasteiger partial charge in [0.2, 0.25) is 11.8 Å². The van der Waals surface area contributed by atoms with Crippen molar-refractivity contribution in [3.05, 3.63) is 88.2 Å². The minimum Gasteiger partial charge on any atom is -0.465 e. The molecular weight excluding hydrogens is 643 g/mol. The summed E-state index contributed by atoms with van der Waals surface area (Å²) >= 11 is 0. The molecule has 48 heavy (non-hydrogen) atoms. The Hall–Kier alpha value is -4.23. The predicted octanol–water partition coefficient (Wildman–Crippen LogP) is 6.18.